The van der Waals surface area contributed by atoms with E-state index in [0.29, 0.717) is 12.8 Å². The third-order valence-electron chi connectivity index (χ3n) is 4.77. The van der Waals surface area contributed by atoms with Gasteiger partial charge in [0.15, 0.2) is 0 Å². The summed E-state index contributed by atoms with van der Waals surface area (Å²) in [6, 6.07) is 13.6. The fourth-order valence-electron chi connectivity index (χ4n) is 3.31. The van der Waals surface area contributed by atoms with Crippen molar-refractivity contribution < 1.29 is 9.53 Å². The molecule has 1 aliphatic heterocycles. The number of methoxy groups -OCH3 is 1. The molecule has 0 aliphatic carbocycles. The predicted octanol–water partition coefficient (Wildman–Crippen LogP) is 3.73. The lowest BCUT2D eigenvalue weighted by molar-refractivity contribution is -0.132. The van der Waals surface area contributed by atoms with E-state index in [2.05, 4.69) is 15.1 Å². The highest BCUT2D eigenvalue weighted by molar-refractivity contribution is 6.03. The smallest absolute Gasteiger partial charge is 0.242 e. The molecule has 0 fully saturated rings. The van der Waals surface area contributed by atoms with Crippen molar-refractivity contribution in [3.05, 3.63) is 66.0 Å². The van der Waals surface area contributed by atoms with Crippen LogP contribution in [0.2, 0.25) is 0 Å². The van der Waals surface area contributed by atoms with E-state index in [1.165, 1.54) is 0 Å². The first-order chi connectivity index (χ1) is 13.2. The van der Waals surface area contributed by atoms with Gasteiger partial charge >= 0.3 is 0 Å². The molecule has 0 N–H and O–H groups in total. The molecule has 0 saturated carbocycles. The van der Waals surface area contributed by atoms with Gasteiger partial charge in [0.2, 0.25) is 5.91 Å². The molecule has 0 spiro atoms. The minimum absolute atomic E-state index is 0.00255. The van der Waals surface area contributed by atoms with Crippen molar-refractivity contribution in [2.75, 3.05) is 7.11 Å². The van der Waals surface area contributed by atoms with Gasteiger partial charge in [-0.05, 0) is 47.5 Å². The number of fused-ring (bicyclic) bond motifs is 1. The molecule has 4 rings (SSSR count). The molecule has 1 aliphatic rings. The molecule has 3 aromatic rings. The minimum Gasteiger partial charge on any atom is -0.497 e. The molecule has 0 radical (unpaired) electrons. The molecule has 6 nitrogen and oxygen atoms in total. The van der Waals surface area contributed by atoms with E-state index in [9.17, 15) is 4.79 Å². The van der Waals surface area contributed by atoms with Crippen LogP contribution in [0.15, 0.2) is 60.0 Å². The van der Waals surface area contributed by atoms with E-state index in [0.717, 1.165) is 33.6 Å². The summed E-state index contributed by atoms with van der Waals surface area (Å²) in [5.74, 6) is 0.797. The lowest BCUT2D eigenvalue weighted by Gasteiger charge is -2.21. The molecule has 2 heterocycles. The Hall–Kier alpha value is -3.28. The van der Waals surface area contributed by atoms with Crippen molar-refractivity contribution in [1.82, 2.24) is 15.0 Å². The van der Waals surface area contributed by atoms with Crippen LogP contribution in [0.5, 0.6) is 5.75 Å². The first kappa shape index (κ1) is 17.1. The van der Waals surface area contributed by atoms with Gasteiger partial charge in [-0.25, -0.2) is 5.01 Å². The monoisotopic (exact) mass is 360 g/mol. The lowest BCUT2D eigenvalue weighted by atomic mass is 9.98. The van der Waals surface area contributed by atoms with Gasteiger partial charge in [-0.3, -0.25) is 14.8 Å². The Morgan fingerprint density at radius 2 is 1.85 bits per heavy atom. The zero-order valence-corrected chi connectivity index (χ0v) is 15.3. The zero-order chi connectivity index (χ0) is 18.8. The quantitative estimate of drug-likeness (QED) is 0.711. The van der Waals surface area contributed by atoms with Crippen LogP contribution in [0.4, 0.5) is 0 Å². The van der Waals surface area contributed by atoms with Crippen molar-refractivity contribution in [3.63, 3.8) is 0 Å². The Morgan fingerprint density at radius 3 is 2.56 bits per heavy atom. The van der Waals surface area contributed by atoms with Crippen LogP contribution in [0.1, 0.15) is 36.9 Å². The standard InChI is InChI=1S/C21H20N4O2/c1-3-21(26)25-20(15-6-9-17-19(12-15)23-11-10-22-17)13-18(24-25)14-4-7-16(27-2)8-5-14/h4-12,20H,3,13H2,1-2H3/t20-/m1/s1. The van der Waals surface area contributed by atoms with E-state index in [1.54, 1.807) is 24.5 Å². The molecule has 0 bridgehead atoms. The number of aromatic nitrogens is 2. The number of carbonyl (C=O) groups is 1. The van der Waals surface area contributed by atoms with Crippen LogP contribution < -0.4 is 4.74 Å². The highest BCUT2D eigenvalue weighted by atomic mass is 16.5. The number of nitrogens with zero attached hydrogens (tertiary/aromatic N) is 4. The maximum absolute atomic E-state index is 12.5. The second kappa shape index (κ2) is 7.15. The minimum atomic E-state index is -0.138. The van der Waals surface area contributed by atoms with Gasteiger partial charge in [0.05, 0.1) is 29.9 Å². The van der Waals surface area contributed by atoms with Crippen molar-refractivity contribution in [1.29, 1.82) is 0 Å². The van der Waals surface area contributed by atoms with Crippen molar-refractivity contribution >= 4 is 22.7 Å². The number of hydrogen-bond donors (Lipinski definition) is 0. The SMILES string of the molecule is CCC(=O)N1N=C(c2ccc(OC)cc2)C[C@@H]1c1ccc2nccnc2c1. The van der Waals surface area contributed by atoms with Crippen LogP contribution >= 0.6 is 0 Å². The number of ether oxygens (including phenoxy) is 1. The molecule has 27 heavy (non-hydrogen) atoms. The van der Waals surface area contributed by atoms with Crippen molar-refractivity contribution in [3.8, 4) is 5.75 Å². The molecule has 1 amide bonds. The normalized spacial score (nSPS) is 16.4. The summed E-state index contributed by atoms with van der Waals surface area (Å²) in [5.41, 5.74) is 4.55. The van der Waals surface area contributed by atoms with E-state index in [-0.39, 0.29) is 11.9 Å². The van der Waals surface area contributed by atoms with Gasteiger partial charge in [0.1, 0.15) is 5.75 Å². The Kier molecular flexibility index (Phi) is 4.54. The zero-order valence-electron chi connectivity index (χ0n) is 15.3. The Bertz CT molecular complexity index is 1010. The largest absolute Gasteiger partial charge is 0.497 e. The van der Waals surface area contributed by atoms with Crippen LogP contribution in [0.3, 0.4) is 0 Å². The molecule has 0 unspecified atom stereocenters. The Labute approximate surface area is 157 Å². The van der Waals surface area contributed by atoms with Crippen LogP contribution in [0, 0.1) is 0 Å². The topological polar surface area (TPSA) is 67.7 Å². The summed E-state index contributed by atoms with van der Waals surface area (Å²) in [4.78, 5) is 21.2. The van der Waals surface area contributed by atoms with E-state index >= 15 is 0 Å². The number of hydrazone groups is 1. The van der Waals surface area contributed by atoms with Gasteiger partial charge in [-0.2, -0.15) is 5.10 Å². The van der Waals surface area contributed by atoms with Gasteiger partial charge < -0.3 is 4.74 Å². The summed E-state index contributed by atoms with van der Waals surface area (Å²) in [6.07, 6.45) is 4.41. The Balaban J connectivity index is 1.69. The second-order valence-electron chi connectivity index (χ2n) is 6.39. The fourth-order valence-corrected chi connectivity index (χ4v) is 3.31. The van der Waals surface area contributed by atoms with Crippen LogP contribution in [0.25, 0.3) is 11.0 Å². The molecule has 2 aromatic carbocycles. The average molecular weight is 360 g/mol. The average Bonchev–Trinajstić information content (AvgIpc) is 3.18. The predicted molar refractivity (Wildman–Crippen MR) is 104 cm³/mol. The highest BCUT2D eigenvalue weighted by Gasteiger charge is 2.32. The third kappa shape index (κ3) is 3.26. The third-order valence-corrected chi connectivity index (χ3v) is 4.77. The van der Waals surface area contributed by atoms with Crippen molar-refractivity contribution in [2.45, 2.75) is 25.8 Å². The van der Waals surface area contributed by atoms with Crippen LogP contribution in [-0.4, -0.2) is 33.7 Å². The number of amides is 1. The number of carbonyl (C=O) groups excluding carboxylic acids is 1. The van der Waals surface area contributed by atoms with Gasteiger partial charge in [-0.15, -0.1) is 0 Å². The Morgan fingerprint density at radius 1 is 1.11 bits per heavy atom. The second-order valence-corrected chi connectivity index (χ2v) is 6.39. The molecule has 1 aromatic heterocycles. The number of hydrogen-bond acceptors (Lipinski definition) is 5. The van der Waals surface area contributed by atoms with Crippen molar-refractivity contribution in [2.24, 2.45) is 5.10 Å². The van der Waals surface area contributed by atoms with Gasteiger partial charge in [-0.1, -0.05) is 13.0 Å². The summed E-state index contributed by atoms with van der Waals surface area (Å²) in [7, 11) is 1.64. The molecule has 1 atom stereocenters. The summed E-state index contributed by atoms with van der Waals surface area (Å²) >= 11 is 0. The summed E-state index contributed by atoms with van der Waals surface area (Å²) in [6.45, 7) is 1.85. The molecular weight excluding hydrogens is 340 g/mol. The van der Waals surface area contributed by atoms with E-state index in [1.807, 2.05) is 49.4 Å². The van der Waals surface area contributed by atoms with E-state index < -0.39 is 0 Å². The molecular formula is C21H20N4O2. The van der Waals surface area contributed by atoms with Crippen LogP contribution in [-0.2, 0) is 4.79 Å². The fraction of sp³-hybridized carbons (Fsp3) is 0.238. The molecule has 136 valence electrons. The first-order valence-corrected chi connectivity index (χ1v) is 8.94. The number of rotatable bonds is 4. The highest BCUT2D eigenvalue weighted by Crippen LogP contribution is 2.34. The van der Waals surface area contributed by atoms with E-state index in [4.69, 9.17) is 4.74 Å². The lowest BCUT2D eigenvalue weighted by Crippen LogP contribution is -2.26. The molecule has 0 saturated heterocycles. The summed E-state index contributed by atoms with van der Waals surface area (Å²) < 4.78 is 5.22. The molecule has 6 heteroatoms. The first-order valence-electron chi connectivity index (χ1n) is 8.94. The maximum Gasteiger partial charge on any atom is 0.242 e. The van der Waals surface area contributed by atoms with Gasteiger partial charge in [0.25, 0.3) is 0 Å². The maximum atomic E-state index is 12.5. The summed E-state index contributed by atoms with van der Waals surface area (Å²) in [5, 5.41) is 6.25. The van der Waals surface area contributed by atoms with Gasteiger partial charge in [0, 0.05) is 25.2 Å². The number of benzene rings is 2.